The number of aryl methyl sites for hydroxylation is 1. The van der Waals surface area contributed by atoms with E-state index >= 15 is 0 Å². The minimum atomic E-state index is -0.347. The van der Waals surface area contributed by atoms with E-state index < -0.39 is 0 Å². The molecule has 0 spiro atoms. The van der Waals surface area contributed by atoms with Gasteiger partial charge >= 0.3 is 0 Å². The minimum absolute atomic E-state index is 0.0374. The third kappa shape index (κ3) is 3.40. The van der Waals surface area contributed by atoms with Gasteiger partial charge in [0.1, 0.15) is 5.75 Å². The number of hydrogen-bond acceptors (Lipinski definition) is 3. The number of rotatable bonds is 4. The molecule has 2 amide bonds. The van der Waals surface area contributed by atoms with Crippen LogP contribution >= 0.6 is 0 Å². The lowest BCUT2D eigenvalue weighted by molar-refractivity contribution is -0.122. The SMILES string of the molecule is COc1ccc(N2C[C@H](C(=O)Nc3cccc(C)c3)CC2=O)cc1. The van der Waals surface area contributed by atoms with Gasteiger partial charge in [-0.15, -0.1) is 0 Å². The van der Waals surface area contributed by atoms with Gasteiger partial charge in [-0.25, -0.2) is 0 Å². The summed E-state index contributed by atoms with van der Waals surface area (Å²) in [6, 6.07) is 14.9. The van der Waals surface area contributed by atoms with E-state index in [-0.39, 0.29) is 24.2 Å². The van der Waals surface area contributed by atoms with E-state index in [0.717, 1.165) is 22.7 Å². The van der Waals surface area contributed by atoms with E-state index in [4.69, 9.17) is 4.74 Å². The van der Waals surface area contributed by atoms with Crippen molar-refractivity contribution >= 4 is 23.2 Å². The number of amides is 2. The molecule has 1 fully saturated rings. The number of carbonyl (C=O) groups is 2. The quantitative estimate of drug-likeness (QED) is 0.940. The fourth-order valence-electron chi connectivity index (χ4n) is 2.86. The van der Waals surface area contributed by atoms with Crippen LogP contribution in [0, 0.1) is 12.8 Å². The van der Waals surface area contributed by atoms with Crippen molar-refractivity contribution in [2.75, 3.05) is 23.9 Å². The van der Waals surface area contributed by atoms with Crippen LogP contribution in [-0.2, 0) is 9.59 Å². The van der Waals surface area contributed by atoms with E-state index in [2.05, 4.69) is 5.32 Å². The molecular weight excluding hydrogens is 304 g/mol. The van der Waals surface area contributed by atoms with Gasteiger partial charge in [-0.3, -0.25) is 9.59 Å². The maximum absolute atomic E-state index is 12.4. The highest BCUT2D eigenvalue weighted by atomic mass is 16.5. The van der Waals surface area contributed by atoms with Gasteiger partial charge in [-0.2, -0.15) is 0 Å². The van der Waals surface area contributed by atoms with E-state index in [1.807, 2.05) is 55.5 Å². The first kappa shape index (κ1) is 16.1. The highest BCUT2D eigenvalue weighted by Crippen LogP contribution is 2.27. The van der Waals surface area contributed by atoms with Gasteiger partial charge in [0, 0.05) is 24.3 Å². The van der Waals surface area contributed by atoms with Crippen molar-refractivity contribution in [1.29, 1.82) is 0 Å². The lowest BCUT2D eigenvalue weighted by Gasteiger charge is -2.17. The largest absolute Gasteiger partial charge is 0.497 e. The molecule has 0 saturated carbocycles. The van der Waals surface area contributed by atoms with Crippen molar-refractivity contribution in [3.8, 4) is 5.75 Å². The zero-order chi connectivity index (χ0) is 17.1. The van der Waals surface area contributed by atoms with Gasteiger partial charge in [0.2, 0.25) is 11.8 Å². The van der Waals surface area contributed by atoms with E-state index in [9.17, 15) is 9.59 Å². The maximum atomic E-state index is 12.4. The summed E-state index contributed by atoms with van der Waals surface area (Å²) in [5, 5.41) is 2.90. The second kappa shape index (κ2) is 6.74. The van der Waals surface area contributed by atoms with E-state index in [0.29, 0.717) is 6.54 Å². The molecule has 1 N–H and O–H groups in total. The molecule has 1 saturated heterocycles. The molecule has 2 aromatic carbocycles. The Morgan fingerprint density at radius 1 is 1.21 bits per heavy atom. The van der Waals surface area contributed by atoms with Crippen LogP contribution in [0.2, 0.25) is 0 Å². The van der Waals surface area contributed by atoms with Crippen LogP contribution in [0.1, 0.15) is 12.0 Å². The molecule has 0 bridgehead atoms. The Morgan fingerprint density at radius 2 is 1.96 bits per heavy atom. The molecule has 5 nitrogen and oxygen atoms in total. The third-order valence-electron chi connectivity index (χ3n) is 4.17. The Kier molecular flexibility index (Phi) is 4.51. The predicted molar refractivity (Wildman–Crippen MR) is 93.3 cm³/mol. The summed E-state index contributed by atoms with van der Waals surface area (Å²) in [7, 11) is 1.60. The number of ether oxygens (including phenoxy) is 1. The second-order valence-electron chi connectivity index (χ2n) is 5.96. The van der Waals surface area contributed by atoms with E-state index in [1.54, 1.807) is 12.0 Å². The van der Waals surface area contributed by atoms with Crippen molar-refractivity contribution in [3.05, 3.63) is 54.1 Å². The first-order valence-electron chi connectivity index (χ1n) is 7.89. The summed E-state index contributed by atoms with van der Waals surface area (Å²) in [5.41, 5.74) is 2.62. The number of nitrogens with one attached hydrogen (secondary N) is 1. The number of anilines is 2. The Balaban J connectivity index is 1.68. The number of hydrogen-bond donors (Lipinski definition) is 1. The normalized spacial score (nSPS) is 17.0. The summed E-state index contributed by atoms with van der Waals surface area (Å²) < 4.78 is 5.13. The smallest absolute Gasteiger partial charge is 0.229 e. The standard InChI is InChI=1S/C19H20N2O3/c1-13-4-3-5-15(10-13)20-19(23)14-11-18(22)21(12-14)16-6-8-17(24-2)9-7-16/h3-10,14H,11-12H2,1-2H3,(H,20,23)/t14-/m1/s1. The maximum Gasteiger partial charge on any atom is 0.229 e. The molecule has 5 heteroatoms. The molecule has 2 aromatic rings. The summed E-state index contributed by atoms with van der Waals surface area (Å²) >= 11 is 0. The molecule has 1 aliphatic rings. The van der Waals surface area contributed by atoms with Gasteiger partial charge in [0.25, 0.3) is 0 Å². The highest BCUT2D eigenvalue weighted by molar-refractivity contribution is 6.03. The van der Waals surface area contributed by atoms with Gasteiger partial charge in [-0.1, -0.05) is 12.1 Å². The summed E-state index contributed by atoms with van der Waals surface area (Å²) in [4.78, 5) is 26.4. The molecule has 1 aliphatic heterocycles. The van der Waals surface area contributed by atoms with Crippen LogP contribution in [0.25, 0.3) is 0 Å². The minimum Gasteiger partial charge on any atom is -0.497 e. The molecule has 0 aliphatic carbocycles. The van der Waals surface area contributed by atoms with Crippen LogP contribution in [0.5, 0.6) is 5.75 Å². The van der Waals surface area contributed by atoms with Gasteiger partial charge in [0.15, 0.2) is 0 Å². The zero-order valence-corrected chi connectivity index (χ0v) is 13.8. The fourth-order valence-corrected chi connectivity index (χ4v) is 2.86. The third-order valence-corrected chi connectivity index (χ3v) is 4.17. The average molecular weight is 324 g/mol. The van der Waals surface area contributed by atoms with Crippen LogP contribution in [0.3, 0.4) is 0 Å². The van der Waals surface area contributed by atoms with Crippen LogP contribution in [0.15, 0.2) is 48.5 Å². The number of carbonyl (C=O) groups excluding carboxylic acids is 2. The predicted octanol–water partition coefficient (Wildman–Crippen LogP) is 3.00. The Hall–Kier alpha value is -2.82. The Labute approximate surface area is 141 Å². The lowest BCUT2D eigenvalue weighted by atomic mass is 10.1. The second-order valence-corrected chi connectivity index (χ2v) is 5.96. The summed E-state index contributed by atoms with van der Waals surface area (Å²) in [6.45, 7) is 2.36. The molecule has 0 radical (unpaired) electrons. The topological polar surface area (TPSA) is 58.6 Å². The monoisotopic (exact) mass is 324 g/mol. The van der Waals surface area contributed by atoms with Crippen molar-refractivity contribution in [3.63, 3.8) is 0 Å². The van der Waals surface area contributed by atoms with Gasteiger partial charge in [-0.05, 0) is 48.9 Å². The van der Waals surface area contributed by atoms with Crippen molar-refractivity contribution < 1.29 is 14.3 Å². The fraction of sp³-hybridized carbons (Fsp3) is 0.263. The number of methoxy groups -OCH3 is 1. The molecule has 24 heavy (non-hydrogen) atoms. The highest BCUT2D eigenvalue weighted by Gasteiger charge is 2.35. The molecule has 1 heterocycles. The van der Waals surface area contributed by atoms with Crippen LogP contribution in [-0.4, -0.2) is 25.5 Å². The lowest BCUT2D eigenvalue weighted by Crippen LogP contribution is -2.28. The molecule has 0 unspecified atom stereocenters. The zero-order valence-electron chi connectivity index (χ0n) is 13.8. The molecule has 1 atom stereocenters. The van der Waals surface area contributed by atoms with Crippen molar-refractivity contribution in [2.24, 2.45) is 5.92 Å². The first-order chi connectivity index (χ1) is 11.6. The number of benzene rings is 2. The van der Waals surface area contributed by atoms with Crippen LogP contribution < -0.4 is 15.0 Å². The van der Waals surface area contributed by atoms with Crippen molar-refractivity contribution in [1.82, 2.24) is 0 Å². The van der Waals surface area contributed by atoms with Crippen LogP contribution in [0.4, 0.5) is 11.4 Å². The van der Waals surface area contributed by atoms with E-state index in [1.165, 1.54) is 0 Å². The molecule has 124 valence electrons. The molecule has 0 aromatic heterocycles. The number of nitrogens with zero attached hydrogens (tertiary/aromatic N) is 1. The van der Waals surface area contributed by atoms with Gasteiger partial charge < -0.3 is 15.0 Å². The Bertz CT molecular complexity index is 755. The summed E-state index contributed by atoms with van der Waals surface area (Å²) in [5.74, 6) is 0.230. The first-order valence-corrected chi connectivity index (χ1v) is 7.89. The molecule has 3 rings (SSSR count). The average Bonchev–Trinajstić information content (AvgIpc) is 2.97. The Morgan fingerprint density at radius 3 is 2.62 bits per heavy atom. The van der Waals surface area contributed by atoms with Crippen molar-refractivity contribution in [2.45, 2.75) is 13.3 Å². The summed E-state index contributed by atoms with van der Waals surface area (Å²) in [6.07, 6.45) is 0.226. The molecular formula is C19H20N2O3. The van der Waals surface area contributed by atoms with Gasteiger partial charge in [0.05, 0.1) is 13.0 Å².